The van der Waals surface area contributed by atoms with Gasteiger partial charge in [-0.15, -0.1) is 11.8 Å². The number of benzene rings is 1. The maximum atomic E-state index is 13.0. The van der Waals surface area contributed by atoms with Crippen molar-refractivity contribution in [1.82, 2.24) is 10.3 Å². The van der Waals surface area contributed by atoms with Crippen molar-refractivity contribution < 1.29 is 9.18 Å². The fraction of sp³-hybridized carbons (Fsp3) is 0.478. The molecule has 0 atom stereocenters. The van der Waals surface area contributed by atoms with E-state index in [9.17, 15) is 9.18 Å². The summed E-state index contributed by atoms with van der Waals surface area (Å²) >= 11 is 1.62. The number of amides is 1. The third-order valence-electron chi connectivity index (χ3n) is 6.30. The van der Waals surface area contributed by atoms with Crippen molar-refractivity contribution in [3.8, 4) is 0 Å². The largest absolute Gasteiger partial charge is 0.352 e. The molecule has 0 unspecified atom stereocenters. The molecule has 1 heterocycles. The molecular weight excluding hydrogens is 371 g/mol. The van der Waals surface area contributed by atoms with Crippen molar-refractivity contribution in [2.75, 3.05) is 12.3 Å². The predicted octanol–water partition coefficient (Wildman–Crippen LogP) is 5.11. The van der Waals surface area contributed by atoms with Crippen LogP contribution in [0.3, 0.4) is 0 Å². The third-order valence-corrected chi connectivity index (χ3v) is 7.39. The number of carbonyl (C=O) groups is 1. The Kier molecular flexibility index (Phi) is 6.30. The smallest absolute Gasteiger partial charge is 0.254 e. The monoisotopic (exact) mass is 398 g/mol. The fourth-order valence-corrected chi connectivity index (χ4v) is 5.73. The average Bonchev–Trinajstić information content (AvgIpc) is 3.30. The molecule has 0 spiro atoms. The van der Waals surface area contributed by atoms with E-state index in [1.165, 1.54) is 37.8 Å². The number of aromatic nitrogens is 1. The van der Waals surface area contributed by atoms with E-state index in [0.29, 0.717) is 11.5 Å². The lowest BCUT2D eigenvalue weighted by molar-refractivity contribution is 0.0939. The van der Waals surface area contributed by atoms with Crippen LogP contribution in [0.25, 0.3) is 0 Å². The van der Waals surface area contributed by atoms with Gasteiger partial charge in [0.15, 0.2) is 0 Å². The van der Waals surface area contributed by atoms with Gasteiger partial charge < -0.3 is 5.32 Å². The van der Waals surface area contributed by atoms with Gasteiger partial charge in [-0.1, -0.05) is 12.1 Å². The first-order chi connectivity index (χ1) is 13.7. The van der Waals surface area contributed by atoms with Crippen LogP contribution < -0.4 is 5.32 Å². The molecule has 2 aromatic rings. The number of thioether (sulfide) groups is 1. The summed E-state index contributed by atoms with van der Waals surface area (Å²) in [6.45, 7) is 0.803. The van der Waals surface area contributed by atoms with Crippen molar-refractivity contribution >= 4 is 17.7 Å². The fourth-order valence-electron chi connectivity index (χ4n) is 4.80. The molecule has 28 heavy (non-hydrogen) atoms. The lowest BCUT2D eigenvalue weighted by atomic mass is 9.98. The maximum absolute atomic E-state index is 13.0. The van der Waals surface area contributed by atoms with Crippen LogP contribution in [0.4, 0.5) is 4.39 Å². The van der Waals surface area contributed by atoms with Crippen LogP contribution in [0.5, 0.6) is 0 Å². The van der Waals surface area contributed by atoms with Gasteiger partial charge in [-0.05, 0) is 91.9 Å². The Labute approximate surface area is 170 Å². The van der Waals surface area contributed by atoms with E-state index in [1.807, 2.05) is 24.3 Å². The molecule has 4 rings (SSSR count). The first kappa shape index (κ1) is 19.4. The number of pyridine rings is 1. The van der Waals surface area contributed by atoms with E-state index in [2.05, 4.69) is 10.3 Å². The number of nitrogens with one attached hydrogen (secondary N) is 1. The minimum atomic E-state index is -0.201. The standard InChI is InChI=1S/C23H27FN2OS/c24-19-11-5-16(6-12-19)3-2-14-28-23-20(4-1-13-25-23)22(27)26-15-21-17-7-8-18(21)10-9-17/h1,4-6,11-13,17-18,21H,2-3,7-10,14-15H2,(H,26,27). The second-order valence-electron chi connectivity index (χ2n) is 7.98. The van der Waals surface area contributed by atoms with E-state index in [-0.39, 0.29) is 11.7 Å². The Bertz CT molecular complexity index is 791. The number of hydrogen-bond donors (Lipinski definition) is 1. The van der Waals surface area contributed by atoms with Gasteiger partial charge in [0.2, 0.25) is 0 Å². The Hall–Kier alpha value is -1.88. The summed E-state index contributed by atoms with van der Waals surface area (Å²) in [5.74, 6) is 2.99. The first-order valence-electron chi connectivity index (χ1n) is 10.3. The van der Waals surface area contributed by atoms with Crippen molar-refractivity contribution in [1.29, 1.82) is 0 Å². The molecule has 2 saturated carbocycles. The van der Waals surface area contributed by atoms with Gasteiger partial charge in [-0.2, -0.15) is 0 Å². The van der Waals surface area contributed by atoms with Crippen LogP contribution in [0.1, 0.15) is 48.0 Å². The summed E-state index contributed by atoms with van der Waals surface area (Å²) in [7, 11) is 0. The maximum Gasteiger partial charge on any atom is 0.254 e. The minimum absolute atomic E-state index is 0.000402. The average molecular weight is 399 g/mol. The molecule has 1 aromatic carbocycles. The van der Waals surface area contributed by atoms with Gasteiger partial charge in [-0.25, -0.2) is 9.37 Å². The molecule has 0 aliphatic heterocycles. The topological polar surface area (TPSA) is 42.0 Å². The van der Waals surface area contributed by atoms with Crippen LogP contribution in [0.2, 0.25) is 0 Å². The lowest BCUT2D eigenvalue weighted by Gasteiger charge is -2.16. The van der Waals surface area contributed by atoms with Crippen molar-refractivity contribution in [2.45, 2.75) is 43.6 Å². The minimum Gasteiger partial charge on any atom is -0.352 e. The highest BCUT2D eigenvalue weighted by atomic mass is 32.2. The molecule has 1 aromatic heterocycles. The zero-order valence-corrected chi connectivity index (χ0v) is 16.9. The molecular formula is C23H27FN2OS. The third kappa shape index (κ3) is 4.57. The van der Waals surface area contributed by atoms with E-state index >= 15 is 0 Å². The summed E-state index contributed by atoms with van der Waals surface area (Å²) in [5.41, 5.74) is 1.81. The highest BCUT2D eigenvalue weighted by molar-refractivity contribution is 7.99. The molecule has 0 saturated heterocycles. The summed E-state index contributed by atoms with van der Waals surface area (Å²) in [6, 6.07) is 10.4. The van der Waals surface area contributed by atoms with Crippen molar-refractivity contribution in [3.05, 3.63) is 59.5 Å². The van der Waals surface area contributed by atoms with E-state index in [4.69, 9.17) is 0 Å². The first-order valence-corrected chi connectivity index (χ1v) is 11.3. The molecule has 5 heteroatoms. The summed E-state index contributed by atoms with van der Waals surface area (Å²) in [6.07, 6.45) is 8.96. The molecule has 1 amide bonds. The molecule has 2 aliphatic rings. The van der Waals surface area contributed by atoms with Gasteiger partial charge in [-0.3, -0.25) is 4.79 Å². The highest BCUT2D eigenvalue weighted by Crippen LogP contribution is 2.48. The molecule has 1 N–H and O–H groups in total. The highest BCUT2D eigenvalue weighted by Gasteiger charge is 2.41. The lowest BCUT2D eigenvalue weighted by Crippen LogP contribution is -2.31. The zero-order chi connectivity index (χ0) is 19.3. The SMILES string of the molecule is O=C(NCC1C2CCC1CC2)c1cccnc1SCCCc1ccc(F)cc1. The number of rotatable bonds is 8. The van der Waals surface area contributed by atoms with Gasteiger partial charge in [0.05, 0.1) is 5.56 Å². The van der Waals surface area contributed by atoms with Crippen LogP contribution >= 0.6 is 11.8 Å². The normalized spacial score (nSPS) is 23.1. The number of halogens is 1. The Morgan fingerprint density at radius 3 is 2.54 bits per heavy atom. The number of carbonyl (C=O) groups excluding carboxylic acids is 1. The van der Waals surface area contributed by atoms with Crippen LogP contribution in [0, 0.1) is 23.6 Å². The van der Waals surface area contributed by atoms with E-state index < -0.39 is 0 Å². The molecule has 148 valence electrons. The summed E-state index contributed by atoms with van der Waals surface area (Å²) < 4.78 is 13.0. The second kappa shape index (κ2) is 9.08. The molecule has 0 radical (unpaired) electrons. The van der Waals surface area contributed by atoms with Gasteiger partial charge in [0.1, 0.15) is 10.8 Å². The number of hydrogen-bond acceptors (Lipinski definition) is 3. The molecule has 2 fully saturated rings. The van der Waals surface area contributed by atoms with E-state index in [0.717, 1.165) is 47.6 Å². The number of nitrogens with zero attached hydrogens (tertiary/aromatic N) is 1. The Balaban J connectivity index is 1.27. The van der Waals surface area contributed by atoms with Gasteiger partial charge >= 0.3 is 0 Å². The van der Waals surface area contributed by atoms with Crippen molar-refractivity contribution in [2.24, 2.45) is 17.8 Å². The van der Waals surface area contributed by atoms with Gasteiger partial charge in [0, 0.05) is 12.7 Å². The van der Waals surface area contributed by atoms with Crippen LogP contribution in [0.15, 0.2) is 47.6 Å². The Morgan fingerprint density at radius 2 is 1.82 bits per heavy atom. The van der Waals surface area contributed by atoms with E-state index in [1.54, 1.807) is 18.0 Å². The summed E-state index contributed by atoms with van der Waals surface area (Å²) in [4.78, 5) is 17.2. The predicted molar refractivity (Wildman–Crippen MR) is 111 cm³/mol. The molecule has 2 bridgehead atoms. The van der Waals surface area contributed by atoms with Gasteiger partial charge in [0.25, 0.3) is 5.91 Å². The Morgan fingerprint density at radius 1 is 1.11 bits per heavy atom. The molecule has 3 nitrogen and oxygen atoms in total. The zero-order valence-electron chi connectivity index (χ0n) is 16.1. The second-order valence-corrected chi connectivity index (χ2v) is 9.07. The van der Waals surface area contributed by atoms with Crippen molar-refractivity contribution in [3.63, 3.8) is 0 Å². The quantitative estimate of drug-likeness (QED) is 0.496. The number of fused-ring (bicyclic) bond motifs is 2. The van der Waals surface area contributed by atoms with Crippen LogP contribution in [-0.4, -0.2) is 23.2 Å². The number of aryl methyl sites for hydroxylation is 1. The summed E-state index contributed by atoms with van der Waals surface area (Å²) in [5, 5.41) is 3.98. The molecule has 2 aliphatic carbocycles. The van der Waals surface area contributed by atoms with Crippen LogP contribution in [-0.2, 0) is 6.42 Å².